The van der Waals surface area contributed by atoms with Gasteiger partial charge in [-0.1, -0.05) is 56.3 Å². The van der Waals surface area contributed by atoms with Gasteiger partial charge in [0.15, 0.2) is 18.9 Å². The number of benzene rings is 2. The van der Waals surface area contributed by atoms with Gasteiger partial charge >= 0.3 is 13.1 Å². The number of carbonyl (C=O) groups excluding carboxylic acids is 2. The minimum absolute atomic E-state index is 0.0336. The van der Waals surface area contributed by atoms with E-state index in [0.29, 0.717) is 29.6 Å². The van der Waals surface area contributed by atoms with Gasteiger partial charge in [0.05, 0.1) is 31.2 Å². The third-order valence-electron chi connectivity index (χ3n) is 10.5. The van der Waals surface area contributed by atoms with Gasteiger partial charge in [-0.15, -0.1) is 0 Å². The normalized spacial score (nSPS) is 24.9. The highest BCUT2D eigenvalue weighted by Gasteiger charge is 2.68. The Labute approximate surface area is 279 Å². The topological polar surface area (TPSA) is 87.0 Å². The van der Waals surface area contributed by atoms with Crippen LogP contribution in [-0.2, 0) is 38.2 Å². The van der Waals surface area contributed by atoms with Crippen LogP contribution in [0.2, 0.25) is 0 Å². The maximum Gasteiger partial charge on any atom is 0.482 e. The second-order valence-corrected chi connectivity index (χ2v) is 15.3. The fraction of sp³-hybridized carbons (Fsp3) is 0.500. The minimum atomic E-state index is -0.654. The molecule has 1 N–H and O–H groups in total. The summed E-state index contributed by atoms with van der Waals surface area (Å²) in [5.74, 6) is 0.325. The van der Waals surface area contributed by atoms with Crippen LogP contribution in [0.5, 0.6) is 5.75 Å². The zero-order chi connectivity index (χ0) is 33.6. The van der Waals surface area contributed by atoms with E-state index in [1.165, 1.54) is 0 Å². The van der Waals surface area contributed by atoms with E-state index in [2.05, 4.69) is 42.8 Å². The van der Waals surface area contributed by atoms with Crippen molar-refractivity contribution in [3.63, 3.8) is 0 Å². The van der Waals surface area contributed by atoms with Crippen molar-refractivity contribution in [3.05, 3.63) is 95.3 Å². The Kier molecular flexibility index (Phi) is 9.00. The maximum absolute atomic E-state index is 13.7. The molecule has 4 aliphatic rings. The number of hydrogen-bond donors (Lipinski definition) is 1. The molecule has 3 aromatic rings. The van der Waals surface area contributed by atoms with E-state index < -0.39 is 30.2 Å². The first-order chi connectivity index (χ1) is 22.3. The average Bonchev–Trinajstić information content (AvgIpc) is 3.38. The number of amides is 1. The number of aromatic nitrogens is 1. The van der Waals surface area contributed by atoms with E-state index in [1.807, 2.05) is 75.6 Å². The Morgan fingerprint density at radius 1 is 1.00 bits per heavy atom. The van der Waals surface area contributed by atoms with Gasteiger partial charge in [0.1, 0.15) is 16.9 Å². The van der Waals surface area contributed by atoms with E-state index in [1.54, 1.807) is 13.2 Å². The third kappa shape index (κ3) is 6.83. The van der Waals surface area contributed by atoms with Crippen LogP contribution >= 0.6 is 0 Å². The summed E-state index contributed by atoms with van der Waals surface area (Å²) in [4.78, 5) is 26.8. The van der Waals surface area contributed by atoms with Crippen molar-refractivity contribution in [3.8, 4) is 5.75 Å². The Morgan fingerprint density at radius 3 is 2.36 bits per heavy atom. The van der Waals surface area contributed by atoms with E-state index in [9.17, 15) is 9.59 Å². The summed E-state index contributed by atoms with van der Waals surface area (Å²) in [6, 6.07) is 19.6. The standard InChI is InChI=1S/C38H47BN2O6/c1-36(2,3)45-35(43)29-13-11-12-27(34(29)44-7)21-32(39-46-31-23-28-22-30(37(28,4)5)38(31,6)47-39)40-33(42)20-25-14-16-26(17-15-25)24-41-18-9-8-10-19-41/h8-19,28,30-32H,20-24H2,1-7H3/p+1. The second kappa shape index (κ2) is 12.7. The molecule has 0 radical (unpaired) electrons. The highest BCUT2D eigenvalue weighted by atomic mass is 16.7. The van der Waals surface area contributed by atoms with Crippen molar-refractivity contribution in [1.82, 2.24) is 5.32 Å². The van der Waals surface area contributed by atoms with Crippen LogP contribution in [0.25, 0.3) is 0 Å². The SMILES string of the molecule is COc1c(CC(NC(=O)Cc2ccc(C[n+]3ccccc3)cc2)B2OC3CC4CC(C4(C)C)C3(C)O2)cccc1C(=O)OC(C)(C)C. The summed E-state index contributed by atoms with van der Waals surface area (Å²) in [7, 11) is 0.901. The Balaban J connectivity index is 1.22. The molecular weight excluding hydrogens is 591 g/mol. The number of ether oxygens (including phenoxy) is 2. The second-order valence-electron chi connectivity index (χ2n) is 15.3. The average molecular weight is 640 g/mol. The molecule has 2 bridgehead atoms. The molecule has 9 heteroatoms. The van der Waals surface area contributed by atoms with Gasteiger partial charge in [-0.25, -0.2) is 9.36 Å². The number of hydrogen-bond acceptors (Lipinski definition) is 6. The first kappa shape index (κ1) is 33.2. The molecule has 1 saturated heterocycles. The summed E-state index contributed by atoms with van der Waals surface area (Å²) >= 11 is 0. The number of carbonyl (C=O) groups is 2. The Bertz CT molecular complexity index is 1600. The van der Waals surface area contributed by atoms with Crippen molar-refractivity contribution < 1.29 is 32.9 Å². The minimum Gasteiger partial charge on any atom is -0.496 e. The number of methoxy groups -OCH3 is 1. The summed E-state index contributed by atoms with van der Waals surface area (Å²) < 4.78 is 27.1. The number of pyridine rings is 1. The van der Waals surface area contributed by atoms with Crippen molar-refractivity contribution >= 4 is 19.0 Å². The molecule has 47 heavy (non-hydrogen) atoms. The monoisotopic (exact) mass is 639 g/mol. The molecule has 3 aliphatic carbocycles. The van der Waals surface area contributed by atoms with Gasteiger partial charge in [-0.05, 0) is 81.4 Å². The zero-order valence-corrected chi connectivity index (χ0v) is 28.7. The number of esters is 1. The van der Waals surface area contributed by atoms with Crippen LogP contribution in [0, 0.1) is 17.3 Å². The van der Waals surface area contributed by atoms with Crippen LogP contribution < -0.4 is 14.6 Å². The fourth-order valence-corrected chi connectivity index (χ4v) is 7.96. The van der Waals surface area contributed by atoms with E-state index in [4.69, 9.17) is 18.8 Å². The Morgan fingerprint density at radius 2 is 1.70 bits per heavy atom. The zero-order valence-electron chi connectivity index (χ0n) is 28.7. The quantitative estimate of drug-likeness (QED) is 0.179. The summed E-state index contributed by atoms with van der Waals surface area (Å²) in [5.41, 5.74) is 2.29. The van der Waals surface area contributed by atoms with Crippen LogP contribution in [0.1, 0.15) is 81.4 Å². The summed E-state index contributed by atoms with van der Waals surface area (Å²) in [5, 5.41) is 3.26. The molecule has 1 aromatic heterocycles. The molecule has 5 unspecified atom stereocenters. The van der Waals surface area contributed by atoms with Crippen LogP contribution in [0.3, 0.4) is 0 Å². The van der Waals surface area contributed by atoms with Gasteiger partial charge < -0.3 is 24.1 Å². The van der Waals surface area contributed by atoms with Crippen LogP contribution in [0.15, 0.2) is 73.1 Å². The molecule has 5 atom stereocenters. The van der Waals surface area contributed by atoms with E-state index in [0.717, 1.165) is 36.1 Å². The first-order valence-electron chi connectivity index (χ1n) is 16.8. The molecule has 2 aromatic carbocycles. The smallest absolute Gasteiger partial charge is 0.482 e. The first-order valence-corrected chi connectivity index (χ1v) is 16.8. The van der Waals surface area contributed by atoms with Gasteiger partial charge in [-0.2, -0.15) is 0 Å². The predicted molar refractivity (Wildman–Crippen MR) is 180 cm³/mol. The molecule has 8 nitrogen and oxygen atoms in total. The van der Waals surface area contributed by atoms with Gasteiger partial charge in [-0.3, -0.25) is 4.79 Å². The molecule has 1 aliphatic heterocycles. The molecule has 248 valence electrons. The lowest BCUT2D eigenvalue weighted by atomic mass is 9.43. The molecule has 1 amide bonds. The lowest BCUT2D eigenvalue weighted by Crippen LogP contribution is -2.65. The molecule has 3 saturated carbocycles. The van der Waals surface area contributed by atoms with Crippen LogP contribution in [0.4, 0.5) is 0 Å². The molecule has 2 heterocycles. The van der Waals surface area contributed by atoms with Crippen molar-refractivity contribution in [2.75, 3.05) is 7.11 Å². The van der Waals surface area contributed by atoms with Gasteiger partial charge in [0, 0.05) is 17.7 Å². The lowest BCUT2D eigenvalue weighted by Gasteiger charge is -2.64. The highest BCUT2D eigenvalue weighted by molar-refractivity contribution is 6.48. The van der Waals surface area contributed by atoms with E-state index in [-0.39, 0.29) is 23.8 Å². The number of rotatable bonds is 10. The maximum atomic E-state index is 13.7. The predicted octanol–water partition coefficient (Wildman–Crippen LogP) is 5.52. The lowest BCUT2D eigenvalue weighted by molar-refractivity contribution is -0.688. The van der Waals surface area contributed by atoms with Gasteiger partial charge in [0.2, 0.25) is 5.91 Å². The Hall–Kier alpha value is -3.69. The van der Waals surface area contributed by atoms with Crippen molar-refractivity contribution in [2.24, 2.45) is 17.3 Å². The van der Waals surface area contributed by atoms with Crippen LogP contribution in [-0.4, -0.2) is 49.4 Å². The summed E-state index contributed by atoms with van der Waals surface area (Å²) in [6.45, 7) is 13.1. The van der Waals surface area contributed by atoms with Crippen molar-refractivity contribution in [2.45, 2.75) is 97.0 Å². The fourth-order valence-electron chi connectivity index (χ4n) is 7.96. The summed E-state index contributed by atoms with van der Waals surface area (Å²) in [6.07, 6.45) is 6.69. The van der Waals surface area contributed by atoms with Crippen molar-refractivity contribution in [1.29, 1.82) is 0 Å². The largest absolute Gasteiger partial charge is 0.496 e. The molecular formula is C38H48BN2O6+. The molecule has 0 spiro atoms. The molecule has 4 fully saturated rings. The van der Waals surface area contributed by atoms with Gasteiger partial charge in [0.25, 0.3) is 0 Å². The highest BCUT2D eigenvalue weighted by Crippen LogP contribution is 2.65. The number of nitrogens with zero attached hydrogens (tertiary/aromatic N) is 1. The molecule has 7 rings (SSSR count). The number of para-hydroxylation sites is 1. The third-order valence-corrected chi connectivity index (χ3v) is 10.5. The van der Waals surface area contributed by atoms with E-state index >= 15 is 0 Å². The number of nitrogens with one attached hydrogen (secondary N) is 1.